The molecule has 0 fully saturated rings. The van der Waals surface area contributed by atoms with Crippen molar-refractivity contribution in [3.05, 3.63) is 63.9 Å². The molecule has 5 heteroatoms. The maximum absolute atomic E-state index is 13.6. The number of nitrogens with zero attached hydrogens (tertiary/aromatic N) is 1. The maximum atomic E-state index is 13.6. The van der Waals surface area contributed by atoms with Crippen LogP contribution in [0.2, 0.25) is 0 Å². The highest BCUT2D eigenvalue weighted by molar-refractivity contribution is 9.10. The van der Waals surface area contributed by atoms with E-state index in [0.29, 0.717) is 16.6 Å². The molecule has 0 aliphatic rings. The molecule has 1 N–H and O–H groups in total. The third-order valence-corrected chi connectivity index (χ3v) is 3.16. The van der Waals surface area contributed by atoms with Crippen molar-refractivity contribution < 1.29 is 9.18 Å². The number of hydrogen-bond acceptors (Lipinski definition) is 2. The van der Waals surface area contributed by atoms with Crippen molar-refractivity contribution in [3.8, 4) is 6.07 Å². The Kier molecular flexibility index (Phi) is 4.49. The van der Waals surface area contributed by atoms with Crippen LogP contribution in [0.1, 0.15) is 15.9 Å². The molecule has 3 nitrogen and oxygen atoms in total. The third-order valence-electron chi connectivity index (χ3n) is 2.67. The first kappa shape index (κ1) is 14.2. The summed E-state index contributed by atoms with van der Waals surface area (Å²) < 4.78 is 14.2. The van der Waals surface area contributed by atoms with E-state index in [0.717, 1.165) is 5.56 Å². The van der Waals surface area contributed by atoms with E-state index in [2.05, 4.69) is 21.2 Å². The lowest BCUT2D eigenvalue weighted by atomic mass is 10.1. The second kappa shape index (κ2) is 6.31. The Labute approximate surface area is 124 Å². The zero-order chi connectivity index (χ0) is 14.5. The minimum Gasteiger partial charge on any atom is -0.322 e. The topological polar surface area (TPSA) is 52.9 Å². The van der Waals surface area contributed by atoms with Gasteiger partial charge in [0, 0.05) is 10.2 Å². The molecular formula is C15H10BrFN2O. The van der Waals surface area contributed by atoms with Crippen LogP contribution in [0.3, 0.4) is 0 Å². The summed E-state index contributed by atoms with van der Waals surface area (Å²) in [6.07, 6.45) is 0.314. The van der Waals surface area contributed by atoms with E-state index in [4.69, 9.17) is 5.26 Å². The number of benzene rings is 2. The minimum absolute atomic E-state index is 0.0273. The fraction of sp³-hybridized carbons (Fsp3) is 0.0667. The number of rotatable bonds is 3. The summed E-state index contributed by atoms with van der Waals surface area (Å²) in [5.74, 6) is -1.09. The Bertz CT molecular complexity index is 677. The Morgan fingerprint density at radius 3 is 2.60 bits per heavy atom. The SMILES string of the molecule is N#CCc1ccc(NC(=O)c2cc(Br)ccc2F)cc1. The van der Waals surface area contributed by atoms with Crippen LogP contribution in [0.25, 0.3) is 0 Å². The molecule has 0 spiro atoms. The van der Waals surface area contributed by atoms with Crippen molar-refractivity contribution in [2.75, 3.05) is 5.32 Å². The second-order valence-corrected chi connectivity index (χ2v) is 5.03. The van der Waals surface area contributed by atoms with Crippen LogP contribution in [0, 0.1) is 17.1 Å². The van der Waals surface area contributed by atoms with Gasteiger partial charge >= 0.3 is 0 Å². The van der Waals surface area contributed by atoms with Gasteiger partial charge in [-0.3, -0.25) is 4.79 Å². The van der Waals surface area contributed by atoms with Crippen LogP contribution >= 0.6 is 15.9 Å². The second-order valence-electron chi connectivity index (χ2n) is 4.11. The lowest BCUT2D eigenvalue weighted by Crippen LogP contribution is -2.13. The lowest BCUT2D eigenvalue weighted by Gasteiger charge is -2.07. The number of anilines is 1. The third kappa shape index (κ3) is 3.43. The molecule has 0 radical (unpaired) electrons. The summed E-state index contributed by atoms with van der Waals surface area (Å²) in [5.41, 5.74) is 1.38. The summed E-state index contributed by atoms with van der Waals surface area (Å²) in [4.78, 5) is 12.0. The van der Waals surface area contributed by atoms with E-state index in [1.165, 1.54) is 18.2 Å². The molecule has 2 aromatic carbocycles. The van der Waals surface area contributed by atoms with Crippen LogP contribution in [-0.4, -0.2) is 5.91 Å². The fourth-order valence-electron chi connectivity index (χ4n) is 1.67. The normalized spacial score (nSPS) is 9.85. The van der Waals surface area contributed by atoms with Crippen LogP contribution < -0.4 is 5.32 Å². The number of nitrogens with one attached hydrogen (secondary N) is 1. The Balaban J connectivity index is 2.15. The quantitative estimate of drug-likeness (QED) is 0.926. The minimum atomic E-state index is -0.577. The van der Waals surface area contributed by atoms with Gasteiger partial charge in [0.2, 0.25) is 0 Å². The van der Waals surface area contributed by atoms with Gasteiger partial charge in [-0.05, 0) is 35.9 Å². The van der Waals surface area contributed by atoms with Crippen molar-refractivity contribution in [2.45, 2.75) is 6.42 Å². The molecule has 2 rings (SSSR count). The van der Waals surface area contributed by atoms with Gasteiger partial charge in [0.05, 0.1) is 18.1 Å². The van der Waals surface area contributed by atoms with Gasteiger partial charge in [-0.15, -0.1) is 0 Å². The average Bonchev–Trinajstić information content (AvgIpc) is 2.44. The zero-order valence-electron chi connectivity index (χ0n) is 10.4. The van der Waals surface area contributed by atoms with E-state index in [1.807, 2.05) is 6.07 Å². The Morgan fingerprint density at radius 2 is 1.95 bits per heavy atom. The van der Waals surface area contributed by atoms with Crippen LogP contribution in [0.5, 0.6) is 0 Å². The molecule has 0 aliphatic carbocycles. The molecule has 0 atom stereocenters. The van der Waals surface area contributed by atoms with Gasteiger partial charge in [0.15, 0.2) is 0 Å². The molecular weight excluding hydrogens is 323 g/mol. The highest BCUT2D eigenvalue weighted by atomic mass is 79.9. The summed E-state index contributed by atoms with van der Waals surface area (Å²) in [7, 11) is 0. The van der Waals surface area contributed by atoms with Crippen molar-refractivity contribution in [2.24, 2.45) is 0 Å². The predicted octanol–water partition coefficient (Wildman–Crippen LogP) is 3.91. The molecule has 0 aromatic heterocycles. The van der Waals surface area contributed by atoms with Crippen molar-refractivity contribution in [1.82, 2.24) is 0 Å². The maximum Gasteiger partial charge on any atom is 0.258 e. The van der Waals surface area contributed by atoms with E-state index in [-0.39, 0.29) is 5.56 Å². The monoisotopic (exact) mass is 332 g/mol. The van der Waals surface area contributed by atoms with Gasteiger partial charge in [-0.1, -0.05) is 28.1 Å². The van der Waals surface area contributed by atoms with Crippen molar-refractivity contribution in [3.63, 3.8) is 0 Å². The summed E-state index contributed by atoms with van der Waals surface area (Å²) in [6.45, 7) is 0. The number of halogens is 2. The molecule has 2 aromatic rings. The van der Waals surface area contributed by atoms with Gasteiger partial charge in [-0.25, -0.2) is 4.39 Å². The molecule has 1 amide bonds. The standard InChI is InChI=1S/C15H10BrFN2O/c16-11-3-6-14(17)13(9-11)15(20)19-12-4-1-10(2-5-12)7-8-18/h1-6,9H,7H2,(H,19,20). The first-order valence-corrected chi connectivity index (χ1v) is 6.62. The van der Waals surface area contributed by atoms with Crippen LogP contribution in [0.4, 0.5) is 10.1 Å². The number of amides is 1. The van der Waals surface area contributed by atoms with E-state index in [1.54, 1.807) is 24.3 Å². The number of hydrogen-bond donors (Lipinski definition) is 1. The highest BCUT2D eigenvalue weighted by Crippen LogP contribution is 2.17. The van der Waals surface area contributed by atoms with E-state index < -0.39 is 11.7 Å². The molecule has 20 heavy (non-hydrogen) atoms. The van der Waals surface area contributed by atoms with E-state index >= 15 is 0 Å². The van der Waals surface area contributed by atoms with Crippen molar-refractivity contribution in [1.29, 1.82) is 5.26 Å². The number of nitriles is 1. The molecule has 0 bridgehead atoms. The summed E-state index contributed by atoms with van der Waals surface area (Å²) in [6, 6.07) is 13.1. The van der Waals surface area contributed by atoms with Crippen LogP contribution in [0.15, 0.2) is 46.9 Å². The van der Waals surface area contributed by atoms with Crippen LogP contribution in [-0.2, 0) is 6.42 Å². The largest absolute Gasteiger partial charge is 0.322 e. The Morgan fingerprint density at radius 1 is 1.25 bits per heavy atom. The van der Waals surface area contributed by atoms with E-state index in [9.17, 15) is 9.18 Å². The van der Waals surface area contributed by atoms with Crippen molar-refractivity contribution >= 4 is 27.5 Å². The lowest BCUT2D eigenvalue weighted by molar-refractivity contribution is 0.102. The molecule has 0 aliphatic heterocycles. The molecule has 0 saturated heterocycles. The fourth-order valence-corrected chi connectivity index (χ4v) is 2.03. The molecule has 100 valence electrons. The first-order chi connectivity index (χ1) is 9.60. The van der Waals surface area contributed by atoms with Gasteiger partial charge in [-0.2, -0.15) is 5.26 Å². The molecule has 0 saturated carbocycles. The van der Waals surface area contributed by atoms with Gasteiger partial charge in [0.25, 0.3) is 5.91 Å². The summed E-state index contributed by atoms with van der Waals surface area (Å²) >= 11 is 3.20. The average molecular weight is 333 g/mol. The smallest absolute Gasteiger partial charge is 0.258 e. The molecule has 0 heterocycles. The Hall–Kier alpha value is -2.19. The predicted molar refractivity (Wildman–Crippen MR) is 77.8 cm³/mol. The highest BCUT2D eigenvalue weighted by Gasteiger charge is 2.12. The summed E-state index contributed by atoms with van der Waals surface area (Å²) in [5, 5.41) is 11.2. The first-order valence-electron chi connectivity index (χ1n) is 5.82. The van der Waals surface area contributed by atoms with Gasteiger partial charge in [0.1, 0.15) is 5.82 Å². The number of carbonyl (C=O) groups is 1. The molecule has 0 unspecified atom stereocenters. The number of carbonyl (C=O) groups excluding carboxylic acids is 1. The zero-order valence-corrected chi connectivity index (χ0v) is 11.9. The van der Waals surface area contributed by atoms with Gasteiger partial charge < -0.3 is 5.32 Å².